The highest BCUT2D eigenvalue weighted by Gasteiger charge is 2.63. The molecule has 0 saturated heterocycles. The number of esters is 2. The average molecular weight is 292 g/mol. The molecule has 0 aromatic carbocycles. The molecule has 2 aliphatic rings. The van der Waals surface area contributed by atoms with Crippen molar-refractivity contribution in [1.82, 2.24) is 0 Å². The highest BCUT2D eigenvalue weighted by atomic mass is 16.5. The first-order chi connectivity index (χ1) is 9.84. The van der Waals surface area contributed by atoms with Gasteiger partial charge in [0, 0.05) is 0 Å². The Balaban J connectivity index is 2.64. The Morgan fingerprint density at radius 3 is 1.67 bits per heavy atom. The maximum absolute atomic E-state index is 13.1. The van der Waals surface area contributed by atoms with E-state index in [2.05, 4.69) is 13.2 Å². The predicted octanol–water partition coefficient (Wildman–Crippen LogP) is 1.96. The first kappa shape index (κ1) is 15.5. The van der Waals surface area contributed by atoms with Gasteiger partial charge in [-0.2, -0.15) is 0 Å². The molecule has 0 N–H and O–H groups in total. The van der Waals surface area contributed by atoms with Crippen molar-refractivity contribution in [3.05, 3.63) is 24.3 Å². The van der Waals surface area contributed by atoms with Crippen LogP contribution in [0.5, 0.6) is 0 Å². The smallest absolute Gasteiger partial charge is 0.319 e. The van der Waals surface area contributed by atoms with E-state index in [1.807, 2.05) is 0 Å². The van der Waals surface area contributed by atoms with Gasteiger partial charge in [-0.1, -0.05) is 30.7 Å². The van der Waals surface area contributed by atoms with E-state index < -0.39 is 28.6 Å². The van der Waals surface area contributed by atoms with E-state index in [-0.39, 0.29) is 12.8 Å². The number of hydrogen-bond acceptors (Lipinski definition) is 5. The predicted molar refractivity (Wildman–Crippen MR) is 75.3 cm³/mol. The van der Waals surface area contributed by atoms with Gasteiger partial charge < -0.3 is 9.47 Å². The molecule has 0 unspecified atom stereocenters. The van der Waals surface area contributed by atoms with Crippen LogP contribution in [0.1, 0.15) is 32.1 Å². The normalized spacial score (nSPS) is 32.4. The maximum Gasteiger partial charge on any atom is 0.319 e. The molecule has 2 aliphatic carbocycles. The number of ketones is 1. The summed E-state index contributed by atoms with van der Waals surface area (Å²) < 4.78 is 9.70. The van der Waals surface area contributed by atoms with Crippen molar-refractivity contribution < 1.29 is 23.9 Å². The molecule has 0 spiro atoms. The zero-order valence-electron chi connectivity index (χ0n) is 12.5. The van der Waals surface area contributed by atoms with Crippen molar-refractivity contribution in [2.45, 2.75) is 32.1 Å². The topological polar surface area (TPSA) is 69.7 Å². The minimum absolute atomic E-state index is 0.163. The number of ether oxygens (including phenoxy) is 2. The molecule has 0 aromatic rings. The van der Waals surface area contributed by atoms with E-state index in [1.165, 1.54) is 14.2 Å². The molecule has 2 atom stereocenters. The van der Waals surface area contributed by atoms with E-state index in [1.54, 1.807) is 0 Å². The molecule has 0 aromatic heterocycles. The van der Waals surface area contributed by atoms with Gasteiger partial charge in [0.2, 0.25) is 0 Å². The highest BCUT2D eigenvalue weighted by Crippen LogP contribution is 2.54. The van der Waals surface area contributed by atoms with E-state index in [0.717, 1.165) is 0 Å². The third-order valence-electron chi connectivity index (χ3n) is 4.76. The summed E-state index contributed by atoms with van der Waals surface area (Å²) in [5, 5.41) is 0. The van der Waals surface area contributed by atoms with E-state index in [4.69, 9.17) is 9.47 Å². The molecule has 114 valence electrons. The van der Waals surface area contributed by atoms with Crippen LogP contribution in [-0.2, 0) is 23.9 Å². The standard InChI is InChI=1S/C16H20O5/c1-10-8-15(13(18)20-3)6-5-7-16(12(15)17,9-11(10)2)14(19)21-4/h1-2,5-9H2,3-4H3/t15-,16+. The van der Waals surface area contributed by atoms with E-state index in [0.29, 0.717) is 30.4 Å². The Morgan fingerprint density at radius 1 is 0.952 bits per heavy atom. The lowest BCUT2D eigenvalue weighted by molar-refractivity contribution is -0.172. The van der Waals surface area contributed by atoms with Crippen LogP contribution in [0.3, 0.4) is 0 Å². The Labute approximate surface area is 124 Å². The molecule has 0 aliphatic heterocycles. The van der Waals surface area contributed by atoms with Crippen molar-refractivity contribution in [2.24, 2.45) is 10.8 Å². The number of fused-ring (bicyclic) bond motifs is 2. The summed E-state index contributed by atoms with van der Waals surface area (Å²) >= 11 is 0. The van der Waals surface area contributed by atoms with Crippen molar-refractivity contribution in [3.63, 3.8) is 0 Å². The molecule has 0 radical (unpaired) electrons. The van der Waals surface area contributed by atoms with Crippen LogP contribution < -0.4 is 0 Å². The molecular weight excluding hydrogens is 272 g/mol. The molecule has 0 amide bonds. The number of allylic oxidation sites excluding steroid dienone is 2. The van der Waals surface area contributed by atoms with Gasteiger partial charge in [-0.25, -0.2) is 0 Å². The minimum atomic E-state index is -1.34. The van der Waals surface area contributed by atoms with Crippen LogP contribution in [0.2, 0.25) is 0 Å². The van der Waals surface area contributed by atoms with E-state index >= 15 is 0 Å². The van der Waals surface area contributed by atoms with Crippen LogP contribution in [0.4, 0.5) is 0 Å². The largest absolute Gasteiger partial charge is 0.468 e. The van der Waals surface area contributed by atoms with Crippen molar-refractivity contribution in [1.29, 1.82) is 0 Å². The molecule has 0 heterocycles. The molecule has 2 saturated carbocycles. The molecule has 2 rings (SSSR count). The second-order valence-electron chi connectivity index (χ2n) is 5.89. The number of hydrogen-bond donors (Lipinski definition) is 0. The number of methoxy groups -OCH3 is 2. The third-order valence-corrected chi connectivity index (χ3v) is 4.76. The van der Waals surface area contributed by atoms with Crippen molar-refractivity contribution in [2.75, 3.05) is 14.2 Å². The average Bonchev–Trinajstić information content (AvgIpc) is 2.53. The fraction of sp³-hybridized carbons (Fsp3) is 0.562. The first-order valence-electron chi connectivity index (χ1n) is 6.92. The van der Waals surface area contributed by atoms with Gasteiger partial charge in [-0.3, -0.25) is 14.4 Å². The van der Waals surface area contributed by atoms with Crippen LogP contribution >= 0.6 is 0 Å². The Hall–Kier alpha value is -1.91. The molecule has 2 fully saturated rings. The highest BCUT2D eigenvalue weighted by molar-refractivity contribution is 6.16. The van der Waals surface area contributed by atoms with Gasteiger partial charge in [0.25, 0.3) is 0 Å². The SMILES string of the molecule is C=C1C[C@]2(C(=O)OC)CCC[C@](C(=O)OC)(CC1=C)C2=O. The quantitative estimate of drug-likeness (QED) is 0.575. The summed E-state index contributed by atoms with van der Waals surface area (Å²) in [6, 6.07) is 0. The van der Waals surface area contributed by atoms with Crippen LogP contribution in [0.25, 0.3) is 0 Å². The summed E-state index contributed by atoms with van der Waals surface area (Å²) in [4.78, 5) is 37.7. The summed E-state index contributed by atoms with van der Waals surface area (Å²) in [5.41, 5.74) is -1.42. The Kier molecular flexibility index (Phi) is 3.78. The van der Waals surface area contributed by atoms with Crippen LogP contribution in [0.15, 0.2) is 24.3 Å². The van der Waals surface area contributed by atoms with Crippen molar-refractivity contribution in [3.8, 4) is 0 Å². The minimum Gasteiger partial charge on any atom is -0.468 e. The summed E-state index contributed by atoms with van der Waals surface area (Å²) in [5.74, 6) is -1.60. The molecule has 5 heteroatoms. The third kappa shape index (κ3) is 2.03. The number of rotatable bonds is 2. The fourth-order valence-electron chi connectivity index (χ4n) is 3.62. The zero-order valence-corrected chi connectivity index (χ0v) is 12.5. The number of Topliss-reactive ketones (excluding diaryl/α,β-unsaturated/α-hetero) is 1. The summed E-state index contributed by atoms with van der Waals surface area (Å²) in [7, 11) is 2.50. The van der Waals surface area contributed by atoms with E-state index in [9.17, 15) is 14.4 Å². The first-order valence-corrected chi connectivity index (χ1v) is 6.92. The second kappa shape index (κ2) is 5.13. The lowest BCUT2D eigenvalue weighted by atomic mass is 9.59. The zero-order chi connectivity index (χ0) is 15.8. The van der Waals surface area contributed by atoms with Crippen LogP contribution in [-0.4, -0.2) is 31.9 Å². The molecular formula is C16H20O5. The van der Waals surface area contributed by atoms with Gasteiger partial charge in [-0.05, 0) is 25.7 Å². The van der Waals surface area contributed by atoms with Gasteiger partial charge in [0.1, 0.15) is 10.8 Å². The van der Waals surface area contributed by atoms with Gasteiger partial charge in [-0.15, -0.1) is 0 Å². The van der Waals surface area contributed by atoms with Crippen LogP contribution in [0, 0.1) is 10.8 Å². The van der Waals surface area contributed by atoms with Crippen molar-refractivity contribution >= 4 is 17.7 Å². The molecule has 5 nitrogen and oxygen atoms in total. The number of carbonyl (C=O) groups excluding carboxylic acids is 3. The summed E-state index contributed by atoms with van der Waals surface area (Å²) in [6.07, 6.45) is 1.63. The number of carbonyl (C=O) groups is 3. The molecule has 21 heavy (non-hydrogen) atoms. The maximum atomic E-state index is 13.1. The van der Waals surface area contributed by atoms with Gasteiger partial charge in [0.15, 0.2) is 5.78 Å². The second-order valence-corrected chi connectivity index (χ2v) is 5.89. The van der Waals surface area contributed by atoms with Gasteiger partial charge >= 0.3 is 11.9 Å². The summed E-state index contributed by atoms with van der Waals surface area (Å²) in [6.45, 7) is 7.83. The van der Waals surface area contributed by atoms with Gasteiger partial charge in [0.05, 0.1) is 14.2 Å². The Bertz CT molecular complexity index is 501. The fourth-order valence-corrected chi connectivity index (χ4v) is 3.62. The Morgan fingerprint density at radius 2 is 1.33 bits per heavy atom. The monoisotopic (exact) mass is 292 g/mol. The lowest BCUT2D eigenvalue weighted by Crippen LogP contribution is -2.54. The molecule has 2 bridgehead atoms. The lowest BCUT2D eigenvalue weighted by Gasteiger charge is -2.40.